The minimum absolute atomic E-state index is 0.0649. The average molecular weight is 433 g/mol. The van der Waals surface area contributed by atoms with Crippen molar-refractivity contribution in [2.24, 2.45) is 5.73 Å². The predicted octanol–water partition coefficient (Wildman–Crippen LogP) is 2.75. The third kappa shape index (κ3) is 3.42. The van der Waals surface area contributed by atoms with E-state index in [9.17, 15) is 4.79 Å². The lowest BCUT2D eigenvalue weighted by Gasteiger charge is -2.23. The Kier molecular flexibility index (Phi) is 5.34. The van der Waals surface area contributed by atoms with Gasteiger partial charge in [-0.25, -0.2) is 9.97 Å². The summed E-state index contributed by atoms with van der Waals surface area (Å²) >= 11 is 0. The van der Waals surface area contributed by atoms with Gasteiger partial charge in [-0.3, -0.25) is 9.69 Å². The molecule has 5 heterocycles. The van der Waals surface area contributed by atoms with E-state index in [1.54, 1.807) is 11.2 Å². The molecule has 0 aliphatic carbocycles. The largest absolute Gasteiger partial charge is 0.354 e. The van der Waals surface area contributed by atoms with E-state index in [1.807, 2.05) is 28.8 Å². The lowest BCUT2D eigenvalue weighted by Crippen LogP contribution is -2.28. The van der Waals surface area contributed by atoms with E-state index in [-0.39, 0.29) is 5.91 Å². The zero-order chi connectivity index (χ0) is 22.2. The number of nitrogens with two attached hydrogens (primary N) is 1. The van der Waals surface area contributed by atoms with Crippen molar-refractivity contribution in [1.29, 1.82) is 0 Å². The van der Waals surface area contributed by atoms with Crippen LogP contribution in [0.5, 0.6) is 0 Å². The Bertz CT molecular complexity index is 1160. The molecule has 2 N–H and O–H groups in total. The van der Waals surface area contributed by atoms with Crippen molar-refractivity contribution < 1.29 is 4.79 Å². The molecule has 1 amide bonds. The number of carbonyl (C=O) groups is 1. The number of nitrogens with zero attached hydrogens (tertiary/aromatic N) is 7. The van der Waals surface area contributed by atoms with E-state index < -0.39 is 0 Å². The van der Waals surface area contributed by atoms with Gasteiger partial charge in [0.1, 0.15) is 23.7 Å². The maximum absolute atomic E-state index is 13.4. The molecule has 3 aromatic heterocycles. The molecule has 1 saturated heterocycles. The second-order valence-electron chi connectivity index (χ2n) is 8.46. The van der Waals surface area contributed by atoms with Crippen LogP contribution in [-0.2, 0) is 19.6 Å². The minimum Gasteiger partial charge on any atom is -0.354 e. The molecule has 0 aromatic carbocycles. The summed E-state index contributed by atoms with van der Waals surface area (Å²) in [6.07, 6.45) is 4.95. The van der Waals surface area contributed by atoms with Crippen molar-refractivity contribution in [3.05, 3.63) is 47.4 Å². The van der Waals surface area contributed by atoms with Gasteiger partial charge >= 0.3 is 0 Å². The van der Waals surface area contributed by atoms with Crippen LogP contribution in [0.4, 0.5) is 11.6 Å². The van der Waals surface area contributed by atoms with E-state index >= 15 is 0 Å². The molecule has 0 unspecified atom stereocenters. The number of fused-ring (bicyclic) bond motifs is 1. The van der Waals surface area contributed by atoms with Gasteiger partial charge in [0.2, 0.25) is 0 Å². The van der Waals surface area contributed by atoms with Gasteiger partial charge in [0.05, 0.1) is 17.8 Å². The summed E-state index contributed by atoms with van der Waals surface area (Å²) in [5.74, 6) is 2.07. The highest BCUT2D eigenvalue weighted by Crippen LogP contribution is 2.34. The van der Waals surface area contributed by atoms with Crippen molar-refractivity contribution in [3.8, 4) is 11.5 Å². The van der Waals surface area contributed by atoms with E-state index in [1.165, 1.54) is 0 Å². The number of hydrogen-bond donors (Lipinski definition) is 1. The maximum atomic E-state index is 13.4. The third-order valence-corrected chi connectivity index (χ3v) is 6.35. The molecule has 9 heteroatoms. The fourth-order valence-electron chi connectivity index (χ4n) is 4.68. The molecule has 5 rings (SSSR count). The smallest absolute Gasteiger partial charge is 0.260 e. The second-order valence-corrected chi connectivity index (χ2v) is 8.46. The van der Waals surface area contributed by atoms with Crippen molar-refractivity contribution in [2.75, 3.05) is 16.3 Å². The van der Waals surface area contributed by atoms with Crippen LogP contribution in [0.1, 0.15) is 54.7 Å². The van der Waals surface area contributed by atoms with Crippen LogP contribution in [0.15, 0.2) is 30.6 Å². The fraction of sp³-hybridized carbons (Fsp3) is 0.435. The normalized spacial score (nSPS) is 18.0. The Morgan fingerprint density at radius 1 is 1.22 bits per heavy atom. The van der Waals surface area contributed by atoms with Gasteiger partial charge in [0, 0.05) is 31.2 Å². The van der Waals surface area contributed by atoms with Gasteiger partial charge in [-0.1, -0.05) is 13.0 Å². The van der Waals surface area contributed by atoms with E-state index in [2.05, 4.69) is 28.9 Å². The molecule has 3 aromatic rings. The van der Waals surface area contributed by atoms with Gasteiger partial charge < -0.3 is 15.2 Å². The van der Waals surface area contributed by atoms with Crippen LogP contribution >= 0.6 is 0 Å². The first-order valence-electron chi connectivity index (χ1n) is 11.3. The topological polar surface area (TPSA) is 106 Å². The Hall–Kier alpha value is -3.33. The van der Waals surface area contributed by atoms with Crippen molar-refractivity contribution in [2.45, 2.75) is 58.8 Å². The van der Waals surface area contributed by atoms with Crippen LogP contribution in [0, 0.1) is 0 Å². The number of amides is 1. The Balaban J connectivity index is 1.49. The lowest BCUT2D eigenvalue weighted by atomic mass is 10.1. The number of hydrogen-bond acceptors (Lipinski definition) is 7. The van der Waals surface area contributed by atoms with Crippen LogP contribution < -0.4 is 15.5 Å². The van der Waals surface area contributed by atoms with Gasteiger partial charge in [0.25, 0.3) is 5.91 Å². The fourth-order valence-corrected chi connectivity index (χ4v) is 4.68. The van der Waals surface area contributed by atoms with E-state index in [0.717, 1.165) is 49.4 Å². The summed E-state index contributed by atoms with van der Waals surface area (Å²) in [7, 11) is 0. The first-order valence-corrected chi connectivity index (χ1v) is 11.3. The quantitative estimate of drug-likeness (QED) is 0.638. The van der Waals surface area contributed by atoms with Crippen LogP contribution in [-0.4, -0.2) is 43.2 Å². The van der Waals surface area contributed by atoms with Gasteiger partial charge in [-0.2, -0.15) is 0 Å². The number of aryl methyl sites for hydroxylation is 1. The molecule has 0 spiro atoms. The molecular formula is C23H28N8O. The first-order chi connectivity index (χ1) is 15.6. The van der Waals surface area contributed by atoms with Gasteiger partial charge in [0.15, 0.2) is 5.82 Å². The summed E-state index contributed by atoms with van der Waals surface area (Å²) in [5.41, 5.74) is 9.10. The number of aromatic nitrogens is 5. The zero-order valence-electron chi connectivity index (χ0n) is 18.5. The van der Waals surface area contributed by atoms with Gasteiger partial charge in [-0.05, 0) is 44.4 Å². The Morgan fingerprint density at radius 3 is 2.84 bits per heavy atom. The summed E-state index contributed by atoms with van der Waals surface area (Å²) in [6, 6.07) is 8.00. The Labute approximate surface area is 187 Å². The van der Waals surface area contributed by atoms with Gasteiger partial charge in [-0.15, -0.1) is 10.2 Å². The SMILES string of the molecule is CCCn1cnnc1-c1cccc(N2Cc3c(cc(N4CCC[C@H]4C)nc3CN)C2=O)n1. The summed E-state index contributed by atoms with van der Waals surface area (Å²) < 4.78 is 1.98. The molecule has 9 nitrogen and oxygen atoms in total. The summed E-state index contributed by atoms with van der Waals surface area (Å²) in [6.45, 7) is 6.79. The number of pyridine rings is 2. The molecule has 2 aliphatic rings. The van der Waals surface area contributed by atoms with Crippen LogP contribution in [0.25, 0.3) is 11.5 Å². The number of rotatable bonds is 6. The van der Waals surface area contributed by atoms with E-state index in [0.29, 0.717) is 42.0 Å². The summed E-state index contributed by atoms with van der Waals surface area (Å²) in [5, 5.41) is 8.27. The number of carbonyl (C=O) groups excluding carboxylic acids is 1. The predicted molar refractivity (Wildman–Crippen MR) is 122 cm³/mol. The molecule has 0 saturated carbocycles. The highest BCUT2D eigenvalue weighted by Gasteiger charge is 2.34. The van der Waals surface area contributed by atoms with Crippen LogP contribution in [0.2, 0.25) is 0 Å². The third-order valence-electron chi connectivity index (χ3n) is 6.35. The van der Waals surface area contributed by atoms with Crippen molar-refractivity contribution in [3.63, 3.8) is 0 Å². The molecule has 0 bridgehead atoms. The highest BCUT2D eigenvalue weighted by atomic mass is 16.2. The zero-order valence-corrected chi connectivity index (χ0v) is 18.5. The molecule has 32 heavy (non-hydrogen) atoms. The Morgan fingerprint density at radius 2 is 2.09 bits per heavy atom. The molecule has 0 radical (unpaired) electrons. The highest BCUT2D eigenvalue weighted by molar-refractivity contribution is 6.10. The molecule has 1 atom stereocenters. The molecule has 1 fully saturated rings. The van der Waals surface area contributed by atoms with Crippen molar-refractivity contribution in [1.82, 2.24) is 24.7 Å². The molecular weight excluding hydrogens is 404 g/mol. The molecule has 166 valence electrons. The van der Waals surface area contributed by atoms with E-state index in [4.69, 9.17) is 15.7 Å². The minimum atomic E-state index is -0.0649. The monoisotopic (exact) mass is 432 g/mol. The molecule has 2 aliphatic heterocycles. The first kappa shape index (κ1) is 20.6. The average Bonchev–Trinajstić information content (AvgIpc) is 3.53. The van der Waals surface area contributed by atoms with Crippen molar-refractivity contribution >= 4 is 17.5 Å². The maximum Gasteiger partial charge on any atom is 0.260 e. The number of anilines is 2. The lowest BCUT2D eigenvalue weighted by molar-refractivity contribution is 0.0996. The van der Waals surface area contributed by atoms with Crippen LogP contribution in [0.3, 0.4) is 0 Å². The second kappa shape index (κ2) is 8.31. The summed E-state index contributed by atoms with van der Waals surface area (Å²) in [4.78, 5) is 27.0. The standard InChI is InChI=1S/C23H28N8O/c1-3-9-29-14-25-28-22(29)18-7-4-8-20(26-18)31-13-17-16(23(31)32)11-21(27-19(17)12-24)30-10-5-6-15(30)2/h4,7-8,11,14-15H,3,5-6,9-10,12-13,24H2,1-2H3/t15-/m1/s1.